The molecular formula is C16H12BrN3O4. The molecule has 0 fully saturated rings. The summed E-state index contributed by atoms with van der Waals surface area (Å²) in [6.07, 6.45) is 1.15. The van der Waals surface area contributed by atoms with Crippen molar-refractivity contribution in [1.82, 2.24) is 9.55 Å². The first-order valence-electron chi connectivity index (χ1n) is 6.96. The normalized spacial score (nSPS) is 10.8. The molecule has 122 valence electrons. The number of ether oxygens (including phenoxy) is 1. The Morgan fingerprint density at radius 3 is 2.62 bits per heavy atom. The molecule has 0 spiro atoms. The highest BCUT2D eigenvalue weighted by atomic mass is 79.9. The molecule has 0 atom stereocenters. The minimum absolute atomic E-state index is 0.121. The van der Waals surface area contributed by atoms with Gasteiger partial charge in [0.2, 0.25) is 0 Å². The van der Waals surface area contributed by atoms with Crippen molar-refractivity contribution in [1.29, 1.82) is 0 Å². The predicted molar refractivity (Wildman–Crippen MR) is 92.5 cm³/mol. The van der Waals surface area contributed by atoms with Crippen LogP contribution in [0.4, 0.5) is 5.69 Å². The molecule has 0 amide bonds. The summed E-state index contributed by atoms with van der Waals surface area (Å²) >= 11 is 3.21. The number of methoxy groups -OCH3 is 1. The second-order valence-corrected chi connectivity index (χ2v) is 5.95. The standard InChI is InChI=1S/C16H12BrN3O4/c1-24-13-4-2-10(3-5-13)9-19-15-11(7-14(17)16(19)21)6-12(8-18-15)20(22)23/h2-8H,9H2,1H3. The van der Waals surface area contributed by atoms with Crippen LogP contribution < -0.4 is 10.3 Å². The molecule has 2 heterocycles. The number of nitro groups is 1. The van der Waals surface area contributed by atoms with Crippen LogP contribution in [0.15, 0.2) is 51.9 Å². The zero-order chi connectivity index (χ0) is 17.3. The maximum Gasteiger partial charge on any atom is 0.288 e. The molecule has 0 N–H and O–H groups in total. The number of hydrogen-bond donors (Lipinski definition) is 0. The van der Waals surface area contributed by atoms with E-state index in [1.54, 1.807) is 25.3 Å². The van der Waals surface area contributed by atoms with Crippen molar-refractivity contribution in [2.24, 2.45) is 0 Å². The number of nitrogens with zero attached hydrogens (tertiary/aromatic N) is 3. The summed E-state index contributed by atoms with van der Waals surface area (Å²) in [7, 11) is 1.58. The Balaban J connectivity index is 2.12. The van der Waals surface area contributed by atoms with E-state index in [1.807, 2.05) is 12.1 Å². The highest BCUT2D eigenvalue weighted by molar-refractivity contribution is 9.10. The van der Waals surface area contributed by atoms with Crippen LogP contribution in [-0.2, 0) is 6.54 Å². The number of hydrogen-bond acceptors (Lipinski definition) is 5. The maximum atomic E-state index is 12.4. The summed E-state index contributed by atoms with van der Waals surface area (Å²) in [6.45, 7) is 0.295. The van der Waals surface area contributed by atoms with Gasteiger partial charge in [0.25, 0.3) is 11.2 Å². The van der Waals surface area contributed by atoms with Crippen LogP contribution in [0, 0.1) is 10.1 Å². The highest BCUT2D eigenvalue weighted by Crippen LogP contribution is 2.21. The first-order chi connectivity index (χ1) is 11.5. The smallest absolute Gasteiger partial charge is 0.288 e. The Hall–Kier alpha value is -2.74. The highest BCUT2D eigenvalue weighted by Gasteiger charge is 2.13. The molecule has 1 aromatic carbocycles. The third kappa shape index (κ3) is 3.00. The average Bonchev–Trinajstić information content (AvgIpc) is 2.59. The fraction of sp³-hybridized carbons (Fsp3) is 0.125. The van der Waals surface area contributed by atoms with Gasteiger partial charge in [0.15, 0.2) is 0 Å². The van der Waals surface area contributed by atoms with Crippen molar-refractivity contribution in [2.45, 2.75) is 6.54 Å². The molecule has 3 aromatic rings. The summed E-state index contributed by atoms with van der Waals surface area (Å²) in [5.74, 6) is 0.721. The lowest BCUT2D eigenvalue weighted by Crippen LogP contribution is -2.22. The second kappa shape index (κ2) is 6.40. The Labute approximate surface area is 144 Å². The first kappa shape index (κ1) is 16.1. The van der Waals surface area contributed by atoms with Gasteiger partial charge in [-0.05, 0) is 39.7 Å². The number of halogens is 1. The van der Waals surface area contributed by atoms with E-state index in [0.29, 0.717) is 22.1 Å². The lowest BCUT2D eigenvalue weighted by Gasteiger charge is -2.11. The van der Waals surface area contributed by atoms with Crippen LogP contribution in [0.2, 0.25) is 0 Å². The lowest BCUT2D eigenvalue weighted by molar-refractivity contribution is -0.385. The molecule has 0 aliphatic heterocycles. The van der Waals surface area contributed by atoms with Crippen molar-refractivity contribution in [3.8, 4) is 5.75 Å². The third-order valence-electron chi connectivity index (χ3n) is 3.58. The van der Waals surface area contributed by atoms with Crippen LogP contribution in [-0.4, -0.2) is 21.6 Å². The molecule has 3 rings (SSSR count). The molecule has 24 heavy (non-hydrogen) atoms. The third-order valence-corrected chi connectivity index (χ3v) is 4.15. The van der Waals surface area contributed by atoms with Gasteiger partial charge in [-0.25, -0.2) is 4.98 Å². The monoisotopic (exact) mass is 389 g/mol. The molecule has 2 aromatic heterocycles. The zero-order valence-corrected chi connectivity index (χ0v) is 14.2. The fourth-order valence-electron chi connectivity index (χ4n) is 2.38. The van der Waals surface area contributed by atoms with E-state index in [2.05, 4.69) is 20.9 Å². The molecule has 0 unspecified atom stereocenters. The minimum atomic E-state index is -0.515. The predicted octanol–water partition coefficient (Wildman–Crippen LogP) is 3.12. The average molecular weight is 390 g/mol. The van der Waals surface area contributed by atoms with Gasteiger partial charge >= 0.3 is 0 Å². The lowest BCUT2D eigenvalue weighted by atomic mass is 10.2. The van der Waals surface area contributed by atoms with Gasteiger partial charge in [0, 0.05) is 11.5 Å². The summed E-state index contributed by atoms with van der Waals surface area (Å²) in [6, 6.07) is 10.3. The van der Waals surface area contributed by atoms with E-state index < -0.39 is 4.92 Å². The number of aromatic nitrogens is 2. The van der Waals surface area contributed by atoms with Crippen LogP contribution in [0.25, 0.3) is 11.0 Å². The quantitative estimate of drug-likeness (QED) is 0.505. The molecule has 0 aliphatic rings. The van der Waals surface area contributed by atoms with Gasteiger partial charge in [-0.15, -0.1) is 0 Å². The van der Waals surface area contributed by atoms with Crippen LogP contribution in [0.5, 0.6) is 5.75 Å². The van der Waals surface area contributed by atoms with Gasteiger partial charge < -0.3 is 4.74 Å². The second-order valence-electron chi connectivity index (χ2n) is 5.10. The SMILES string of the molecule is COc1ccc(Cn2c(=O)c(Br)cc3cc([N+](=O)[O-])cnc32)cc1. The summed E-state index contributed by atoms with van der Waals surface area (Å²) in [5.41, 5.74) is 0.908. The zero-order valence-electron chi connectivity index (χ0n) is 12.6. The Morgan fingerprint density at radius 1 is 1.29 bits per heavy atom. The van der Waals surface area contributed by atoms with E-state index in [4.69, 9.17) is 4.74 Å². The molecule has 8 heteroatoms. The Kier molecular flexibility index (Phi) is 4.30. The van der Waals surface area contributed by atoms with Crippen molar-refractivity contribution < 1.29 is 9.66 Å². The molecule has 0 aliphatic carbocycles. The summed E-state index contributed by atoms with van der Waals surface area (Å²) in [5, 5.41) is 11.4. The van der Waals surface area contributed by atoms with E-state index in [1.165, 1.54) is 10.6 Å². The maximum absolute atomic E-state index is 12.4. The van der Waals surface area contributed by atoms with Gasteiger partial charge in [0.05, 0.1) is 23.1 Å². The molecule has 7 nitrogen and oxygen atoms in total. The Bertz CT molecular complexity index is 983. The number of rotatable bonds is 4. The molecule has 0 saturated heterocycles. The van der Waals surface area contributed by atoms with E-state index >= 15 is 0 Å². The van der Waals surface area contributed by atoms with E-state index in [9.17, 15) is 14.9 Å². The van der Waals surface area contributed by atoms with Crippen LogP contribution >= 0.6 is 15.9 Å². The molecule has 0 saturated carbocycles. The van der Waals surface area contributed by atoms with Gasteiger partial charge in [-0.3, -0.25) is 19.5 Å². The summed E-state index contributed by atoms with van der Waals surface area (Å²) < 4.78 is 6.92. The number of fused-ring (bicyclic) bond motifs is 1. The van der Waals surface area contributed by atoms with Crippen molar-refractivity contribution in [3.05, 3.63) is 73.1 Å². The van der Waals surface area contributed by atoms with Crippen molar-refractivity contribution in [2.75, 3.05) is 7.11 Å². The van der Waals surface area contributed by atoms with Crippen molar-refractivity contribution >= 4 is 32.7 Å². The van der Waals surface area contributed by atoms with Crippen molar-refractivity contribution in [3.63, 3.8) is 0 Å². The number of benzene rings is 1. The van der Waals surface area contributed by atoms with E-state index in [0.717, 1.165) is 17.5 Å². The topological polar surface area (TPSA) is 87.3 Å². The molecular weight excluding hydrogens is 378 g/mol. The van der Waals surface area contributed by atoms with E-state index in [-0.39, 0.29) is 11.2 Å². The van der Waals surface area contributed by atoms with Crippen LogP contribution in [0.3, 0.4) is 0 Å². The van der Waals surface area contributed by atoms with Gasteiger partial charge in [0.1, 0.15) is 17.6 Å². The van der Waals surface area contributed by atoms with Gasteiger partial charge in [-0.2, -0.15) is 0 Å². The van der Waals surface area contributed by atoms with Gasteiger partial charge in [-0.1, -0.05) is 12.1 Å². The number of pyridine rings is 2. The minimum Gasteiger partial charge on any atom is -0.497 e. The first-order valence-corrected chi connectivity index (χ1v) is 7.75. The molecule has 0 bridgehead atoms. The largest absolute Gasteiger partial charge is 0.497 e. The fourth-order valence-corrected chi connectivity index (χ4v) is 2.84. The Morgan fingerprint density at radius 2 is 2.00 bits per heavy atom. The molecule has 0 radical (unpaired) electrons. The van der Waals surface area contributed by atoms with Crippen LogP contribution in [0.1, 0.15) is 5.56 Å². The summed E-state index contributed by atoms with van der Waals surface area (Å²) in [4.78, 5) is 26.9.